The molecule has 1 aromatic carbocycles. The van der Waals surface area contributed by atoms with Crippen molar-refractivity contribution in [2.24, 2.45) is 10.7 Å². The van der Waals surface area contributed by atoms with Gasteiger partial charge in [0.25, 0.3) is 0 Å². The summed E-state index contributed by atoms with van der Waals surface area (Å²) in [5.41, 5.74) is 6.95. The van der Waals surface area contributed by atoms with E-state index < -0.39 is 11.6 Å². The highest BCUT2D eigenvalue weighted by molar-refractivity contribution is 6.31. The fourth-order valence-electron chi connectivity index (χ4n) is 4.12. The molecule has 2 aliphatic rings. The molecule has 2 aromatic rings. The summed E-state index contributed by atoms with van der Waals surface area (Å²) in [6, 6.07) is 3.58. The van der Waals surface area contributed by atoms with Gasteiger partial charge in [-0.15, -0.1) is 0 Å². The summed E-state index contributed by atoms with van der Waals surface area (Å²) in [7, 11) is 0. The van der Waals surface area contributed by atoms with Crippen molar-refractivity contribution in [1.29, 1.82) is 0 Å². The number of aliphatic imine (C=N–C) groups is 1. The van der Waals surface area contributed by atoms with Crippen LogP contribution in [0.15, 0.2) is 54.1 Å². The summed E-state index contributed by atoms with van der Waals surface area (Å²) in [5.74, 6) is -0.0828. The van der Waals surface area contributed by atoms with Crippen LogP contribution in [0.2, 0.25) is 5.15 Å². The van der Waals surface area contributed by atoms with E-state index >= 15 is 0 Å². The van der Waals surface area contributed by atoms with Crippen molar-refractivity contribution in [3.05, 3.63) is 71.4 Å². The minimum Gasteiger partial charge on any atom is -0.398 e. The van der Waals surface area contributed by atoms with E-state index in [0.29, 0.717) is 74.1 Å². The predicted molar refractivity (Wildman–Crippen MR) is 133 cm³/mol. The maximum atomic E-state index is 13.8. The number of aromatic nitrogens is 2. The quantitative estimate of drug-likeness (QED) is 0.496. The summed E-state index contributed by atoms with van der Waals surface area (Å²) in [4.78, 5) is 19.5. The molecule has 0 saturated carbocycles. The SMILES string of the molecule is C=C(N=C(/C=C(\N)c1ccc(F)c(F)c1)N1CCN(c2nccnc2Cl)C[C@H]1C)N1CCOCC1. The molecule has 11 heteroatoms. The minimum atomic E-state index is -0.960. The zero-order chi connectivity index (χ0) is 24.9. The molecule has 0 radical (unpaired) electrons. The van der Waals surface area contributed by atoms with E-state index in [1.54, 1.807) is 18.5 Å². The van der Waals surface area contributed by atoms with Crippen molar-refractivity contribution >= 4 is 29.0 Å². The summed E-state index contributed by atoms with van der Waals surface area (Å²) in [5, 5.41) is 0.352. The number of piperazine rings is 1. The number of benzene rings is 1. The first kappa shape index (κ1) is 24.9. The number of rotatable bonds is 5. The van der Waals surface area contributed by atoms with Gasteiger partial charge in [0.05, 0.1) is 13.2 Å². The molecule has 35 heavy (non-hydrogen) atoms. The van der Waals surface area contributed by atoms with Crippen molar-refractivity contribution in [3.8, 4) is 0 Å². The molecule has 2 N–H and O–H groups in total. The summed E-state index contributed by atoms with van der Waals surface area (Å²) in [6.45, 7) is 10.6. The van der Waals surface area contributed by atoms with Crippen molar-refractivity contribution in [2.75, 3.05) is 50.8 Å². The molecule has 1 aromatic heterocycles. The monoisotopic (exact) mass is 503 g/mol. The molecule has 8 nitrogen and oxygen atoms in total. The lowest BCUT2D eigenvalue weighted by Crippen LogP contribution is -2.54. The number of nitrogens with two attached hydrogens (primary N) is 1. The molecule has 186 valence electrons. The number of hydrogen-bond acceptors (Lipinski definition) is 7. The summed E-state index contributed by atoms with van der Waals surface area (Å²) < 4.78 is 32.7. The van der Waals surface area contributed by atoms with Gasteiger partial charge in [0.15, 0.2) is 22.6 Å². The molecular weight excluding hydrogens is 476 g/mol. The Hall–Kier alpha value is -3.24. The molecule has 3 heterocycles. The second-order valence-corrected chi connectivity index (χ2v) is 8.73. The topological polar surface area (TPSA) is 83.1 Å². The smallest absolute Gasteiger partial charge is 0.171 e. The van der Waals surface area contributed by atoms with Crippen molar-refractivity contribution < 1.29 is 13.5 Å². The molecule has 2 saturated heterocycles. The Labute approximate surface area is 208 Å². The molecule has 2 fully saturated rings. The first-order chi connectivity index (χ1) is 16.8. The average molecular weight is 504 g/mol. The van der Waals surface area contributed by atoms with Gasteiger partial charge in [0, 0.05) is 68.5 Å². The summed E-state index contributed by atoms with van der Waals surface area (Å²) in [6.07, 6.45) is 4.85. The van der Waals surface area contributed by atoms with E-state index in [-0.39, 0.29) is 11.7 Å². The third kappa shape index (κ3) is 5.88. The number of hydrogen-bond donors (Lipinski definition) is 1. The highest BCUT2D eigenvalue weighted by Gasteiger charge is 2.28. The fraction of sp³-hybridized carbons (Fsp3) is 0.375. The maximum absolute atomic E-state index is 13.8. The first-order valence-electron chi connectivity index (χ1n) is 11.3. The molecule has 0 unspecified atom stereocenters. The van der Waals surface area contributed by atoms with E-state index in [2.05, 4.69) is 33.3 Å². The molecule has 4 rings (SSSR count). The van der Waals surface area contributed by atoms with E-state index in [1.165, 1.54) is 6.07 Å². The molecule has 0 amide bonds. The highest BCUT2D eigenvalue weighted by Crippen LogP contribution is 2.24. The number of nitrogens with zero attached hydrogens (tertiary/aromatic N) is 6. The van der Waals surface area contributed by atoms with Crippen LogP contribution in [0.5, 0.6) is 0 Å². The highest BCUT2D eigenvalue weighted by atomic mass is 35.5. The van der Waals surface area contributed by atoms with Gasteiger partial charge < -0.3 is 25.2 Å². The van der Waals surface area contributed by atoms with Gasteiger partial charge in [0.2, 0.25) is 0 Å². The van der Waals surface area contributed by atoms with Crippen LogP contribution in [-0.2, 0) is 4.74 Å². The predicted octanol–water partition coefficient (Wildman–Crippen LogP) is 3.12. The Morgan fingerprint density at radius 1 is 1.17 bits per heavy atom. The average Bonchev–Trinajstić information content (AvgIpc) is 2.86. The molecule has 0 bridgehead atoms. The van der Waals surface area contributed by atoms with Crippen LogP contribution in [0.4, 0.5) is 14.6 Å². The normalized spacial score (nSPS) is 19.8. The standard InChI is InChI=1S/C24H28ClF2N7O/c1-16-15-33(24-23(25)29-5-6-30-24)7-8-34(16)22(31-17(2)32-9-11-35-12-10-32)14-21(28)18-3-4-19(26)20(27)13-18/h3-6,13-14,16H,2,7-12,15,28H2,1H3/b21-14-,31-22?/t16-/m1/s1. The van der Waals surface area contributed by atoms with E-state index in [1.807, 2.05) is 4.90 Å². The number of ether oxygens (including phenoxy) is 1. The van der Waals surface area contributed by atoms with Crippen LogP contribution in [-0.4, -0.2) is 77.6 Å². The maximum Gasteiger partial charge on any atom is 0.171 e. The van der Waals surface area contributed by atoms with Gasteiger partial charge in [-0.25, -0.2) is 23.7 Å². The van der Waals surface area contributed by atoms with E-state index in [4.69, 9.17) is 27.1 Å². The van der Waals surface area contributed by atoms with Crippen molar-refractivity contribution in [3.63, 3.8) is 0 Å². The number of anilines is 1. The first-order valence-corrected chi connectivity index (χ1v) is 11.7. The van der Waals surface area contributed by atoms with Crippen LogP contribution in [0, 0.1) is 11.6 Å². The van der Waals surface area contributed by atoms with E-state index in [0.717, 1.165) is 12.1 Å². The third-order valence-electron chi connectivity index (χ3n) is 6.01. The Balaban J connectivity index is 1.62. The number of amidine groups is 1. The van der Waals surface area contributed by atoms with Crippen LogP contribution in [0.25, 0.3) is 5.70 Å². The molecule has 1 atom stereocenters. The Morgan fingerprint density at radius 3 is 2.60 bits per heavy atom. The van der Waals surface area contributed by atoms with Crippen molar-refractivity contribution in [2.45, 2.75) is 13.0 Å². The molecule has 2 aliphatic heterocycles. The molecule has 0 aliphatic carbocycles. The lowest BCUT2D eigenvalue weighted by atomic mass is 10.1. The van der Waals surface area contributed by atoms with Crippen LogP contribution in [0.1, 0.15) is 12.5 Å². The van der Waals surface area contributed by atoms with Gasteiger partial charge in [-0.3, -0.25) is 0 Å². The second-order valence-electron chi connectivity index (χ2n) is 8.37. The van der Waals surface area contributed by atoms with E-state index in [9.17, 15) is 8.78 Å². The Bertz CT molecular complexity index is 1140. The molecular formula is C24H28ClF2N7O. The van der Waals surface area contributed by atoms with Gasteiger partial charge >= 0.3 is 0 Å². The lowest BCUT2D eigenvalue weighted by molar-refractivity contribution is 0.0533. The third-order valence-corrected chi connectivity index (χ3v) is 6.28. The van der Waals surface area contributed by atoms with Crippen LogP contribution < -0.4 is 10.6 Å². The Morgan fingerprint density at radius 2 is 1.91 bits per heavy atom. The minimum absolute atomic E-state index is 0.00654. The number of halogens is 3. The van der Waals surface area contributed by atoms with Gasteiger partial charge in [-0.2, -0.15) is 0 Å². The van der Waals surface area contributed by atoms with Crippen LogP contribution in [0.3, 0.4) is 0 Å². The van der Waals surface area contributed by atoms with Crippen LogP contribution >= 0.6 is 11.6 Å². The Kier molecular flexibility index (Phi) is 7.82. The molecule has 0 spiro atoms. The van der Waals surface area contributed by atoms with Crippen molar-refractivity contribution in [1.82, 2.24) is 19.8 Å². The largest absolute Gasteiger partial charge is 0.398 e. The number of morpholine rings is 1. The second kappa shape index (κ2) is 11.0. The van der Waals surface area contributed by atoms with Gasteiger partial charge in [-0.05, 0) is 25.1 Å². The zero-order valence-corrected chi connectivity index (χ0v) is 20.3. The van der Waals surface area contributed by atoms with Gasteiger partial charge in [-0.1, -0.05) is 18.2 Å². The van der Waals surface area contributed by atoms with Gasteiger partial charge in [0.1, 0.15) is 11.7 Å². The zero-order valence-electron chi connectivity index (χ0n) is 19.5. The fourth-order valence-corrected chi connectivity index (χ4v) is 4.34. The lowest BCUT2D eigenvalue weighted by Gasteiger charge is -2.42. The summed E-state index contributed by atoms with van der Waals surface area (Å²) >= 11 is 6.26.